The molecule has 0 aromatic carbocycles. The van der Waals surface area contributed by atoms with Crippen LogP contribution in [0.4, 0.5) is 5.69 Å². The molecule has 0 radical (unpaired) electrons. The summed E-state index contributed by atoms with van der Waals surface area (Å²) in [5.74, 6) is -0.0246. The quantitative estimate of drug-likeness (QED) is 0.821. The highest BCUT2D eigenvalue weighted by Gasteiger charge is 2.35. The zero-order chi connectivity index (χ0) is 15.6. The van der Waals surface area contributed by atoms with E-state index in [1.807, 2.05) is 30.9 Å². The van der Waals surface area contributed by atoms with Crippen molar-refractivity contribution in [1.29, 1.82) is 0 Å². The monoisotopic (exact) mass is 305 g/mol. The molecule has 0 unspecified atom stereocenters. The van der Waals surface area contributed by atoms with Crippen LogP contribution >= 0.6 is 0 Å². The summed E-state index contributed by atoms with van der Waals surface area (Å²) in [5, 5.41) is 0. The van der Waals surface area contributed by atoms with Crippen LogP contribution in [-0.2, 0) is 9.47 Å². The van der Waals surface area contributed by atoms with Crippen LogP contribution in [0.2, 0.25) is 0 Å². The lowest BCUT2D eigenvalue weighted by molar-refractivity contribution is -0.0373. The van der Waals surface area contributed by atoms with Gasteiger partial charge < -0.3 is 19.3 Å². The Labute approximate surface area is 131 Å². The first-order chi connectivity index (χ1) is 10.6. The number of amides is 1. The SMILES string of the molecule is CC1(C)COCCN1C(=O)c1cc(N2CCOCC2)ccn1. The molecule has 2 aliphatic rings. The van der Waals surface area contributed by atoms with Crippen LogP contribution in [-0.4, -0.2) is 67.4 Å². The number of anilines is 1. The molecule has 1 amide bonds. The van der Waals surface area contributed by atoms with Gasteiger partial charge in [-0.05, 0) is 26.0 Å². The minimum Gasteiger partial charge on any atom is -0.378 e. The number of aromatic nitrogens is 1. The number of carbonyl (C=O) groups excluding carboxylic acids is 1. The molecule has 6 heteroatoms. The Morgan fingerprint density at radius 1 is 1.18 bits per heavy atom. The van der Waals surface area contributed by atoms with Gasteiger partial charge in [-0.1, -0.05) is 0 Å². The summed E-state index contributed by atoms with van der Waals surface area (Å²) in [4.78, 5) is 21.2. The van der Waals surface area contributed by atoms with E-state index in [4.69, 9.17) is 9.47 Å². The van der Waals surface area contributed by atoms with Crippen LogP contribution in [0.5, 0.6) is 0 Å². The van der Waals surface area contributed by atoms with Crippen molar-refractivity contribution < 1.29 is 14.3 Å². The highest BCUT2D eigenvalue weighted by Crippen LogP contribution is 2.23. The molecular formula is C16H23N3O3. The van der Waals surface area contributed by atoms with Crippen molar-refractivity contribution in [3.8, 4) is 0 Å². The minimum atomic E-state index is -0.300. The van der Waals surface area contributed by atoms with Crippen molar-refractivity contribution in [2.24, 2.45) is 0 Å². The summed E-state index contributed by atoms with van der Waals surface area (Å²) in [6.07, 6.45) is 1.71. The number of carbonyl (C=O) groups is 1. The van der Waals surface area contributed by atoms with Gasteiger partial charge in [-0.3, -0.25) is 9.78 Å². The standard InChI is InChI=1S/C16H23N3O3/c1-16(2)12-22-10-7-19(16)15(20)14-11-13(3-4-17-14)18-5-8-21-9-6-18/h3-4,11H,5-10,12H2,1-2H3. The molecule has 120 valence electrons. The van der Waals surface area contributed by atoms with Gasteiger partial charge in [0.25, 0.3) is 5.91 Å². The molecule has 0 atom stereocenters. The molecule has 0 aliphatic carbocycles. The first-order valence-electron chi connectivity index (χ1n) is 7.76. The van der Waals surface area contributed by atoms with Crippen LogP contribution < -0.4 is 4.90 Å². The summed E-state index contributed by atoms with van der Waals surface area (Å²) in [6.45, 7) is 8.94. The average molecular weight is 305 g/mol. The van der Waals surface area contributed by atoms with Gasteiger partial charge >= 0.3 is 0 Å². The lowest BCUT2D eigenvalue weighted by atomic mass is 10.0. The second-order valence-corrected chi connectivity index (χ2v) is 6.32. The zero-order valence-corrected chi connectivity index (χ0v) is 13.2. The Kier molecular flexibility index (Phi) is 4.31. The van der Waals surface area contributed by atoms with Gasteiger partial charge in [-0.2, -0.15) is 0 Å². The van der Waals surface area contributed by atoms with Gasteiger partial charge in [0.05, 0.1) is 32.0 Å². The van der Waals surface area contributed by atoms with E-state index in [9.17, 15) is 4.79 Å². The number of morpholine rings is 2. The third-order valence-corrected chi connectivity index (χ3v) is 4.23. The van der Waals surface area contributed by atoms with E-state index >= 15 is 0 Å². The van der Waals surface area contributed by atoms with E-state index in [0.717, 1.165) is 32.0 Å². The summed E-state index contributed by atoms with van der Waals surface area (Å²) in [7, 11) is 0. The molecule has 3 heterocycles. The summed E-state index contributed by atoms with van der Waals surface area (Å²) >= 11 is 0. The second kappa shape index (κ2) is 6.22. The van der Waals surface area contributed by atoms with Gasteiger partial charge in [0.1, 0.15) is 5.69 Å². The van der Waals surface area contributed by atoms with Crippen molar-refractivity contribution in [3.05, 3.63) is 24.0 Å². The zero-order valence-electron chi connectivity index (χ0n) is 13.2. The van der Waals surface area contributed by atoms with E-state index in [-0.39, 0.29) is 11.4 Å². The van der Waals surface area contributed by atoms with Gasteiger partial charge in [-0.25, -0.2) is 0 Å². The van der Waals surface area contributed by atoms with E-state index in [1.165, 1.54) is 0 Å². The van der Waals surface area contributed by atoms with Gasteiger partial charge in [0.15, 0.2) is 0 Å². The van der Waals surface area contributed by atoms with Crippen LogP contribution in [0.1, 0.15) is 24.3 Å². The maximum absolute atomic E-state index is 12.8. The summed E-state index contributed by atoms with van der Waals surface area (Å²) in [5.41, 5.74) is 1.23. The molecule has 22 heavy (non-hydrogen) atoms. The number of nitrogens with zero attached hydrogens (tertiary/aromatic N) is 3. The van der Waals surface area contributed by atoms with Gasteiger partial charge in [0, 0.05) is 31.5 Å². The summed E-state index contributed by atoms with van der Waals surface area (Å²) in [6, 6.07) is 3.84. The van der Waals surface area contributed by atoms with Crippen molar-refractivity contribution in [2.75, 3.05) is 51.0 Å². The van der Waals surface area contributed by atoms with Crippen LogP contribution in [0, 0.1) is 0 Å². The fourth-order valence-corrected chi connectivity index (χ4v) is 2.93. The number of ether oxygens (including phenoxy) is 2. The third kappa shape index (κ3) is 3.08. The maximum atomic E-state index is 12.8. The molecule has 2 aliphatic heterocycles. The van der Waals surface area contributed by atoms with Gasteiger partial charge in [-0.15, -0.1) is 0 Å². The lowest BCUT2D eigenvalue weighted by Gasteiger charge is -2.42. The Balaban J connectivity index is 1.80. The highest BCUT2D eigenvalue weighted by atomic mass is 16.5. The molecule has 1 aromatic heterocycles. The van der Waals surface area contributed by atoms with E-state index in [1.54, 1.807) is 6.20 Å². The fourth-order valence-electron chi connectivity index (χ4n) is 2.93. The molecule has 0 saturated carbocycles. The summed E-state index contributed by atoms with van der Waals surface area (Å²) < 4.78 is 10.9. The van der Waals surface area contributed by atoms with E-state index in [0.29, 0.717) is 25.5 Å². The van der Waals surface area contributed by atoms with Crippen molar-refractivity contribution in [3.63, 3.8) is 0 Å². The number of hydrogen-bond donors (Lipinski definition) is 0. The fraction of sp³-hybridized carbons (Fsp3) is 0.625. The molecule has 6 nitrogen and oxygen atoms in total. The van der Waals surface area contributed by atoms with E-state index in [2.05, 4.69) is 9.88 Å². The lowest BCUT2D eigenvalue weighted by Crippen LogP contribution is -2.55. The molecule has 1 aromatic rings. The first kappa shape index (κ1) is 15.2. The predicted molar refractivity (Wildman–Crippen MR) is 83.2 cm³/mol. The molecule has 3 rings (SSSR count). The molecular weight excluding hydrogens is 282 g/mol. The number of pyridine rings is 1. The Bertz CT molecular complexity index is 541. The Morgan fingerprint density at radius 3 is 2.64 bits per heavy atom. The van der Waals surface area contributed by atoms with Crippen molar-refractivity contribution >= 4 is 11.6 Å². The van der Waals surface area contributed by atoms with Crippen LogP contribution in [0.15, 0.2) is 18.3 Å². The molecule has 2 fully saturated rings. The molecule has 0 bridgehead atoms. The number of hydrogen-bond acceptors (Lipinski definition) is 5. The van der Waals surface area contributed by atoms with Gasteiger partial charge in [0.2, 0.25) is 0 Å². The second-order valence-electron chi connectivity index (χ2n) is 6.32. The van der Waals surface area contributed by atoms with Crippen LogP contribution in [0.3, 0.4) is 0 Å². The maximum Gasteiger partial charge on any atom is 0.273 e. The van der Waals surface area contributed by atoms with Crippen molar-refractivity contribution in [2.45, 2.75) is 19.4 Å². The molecule has 0 spiro atoms. The van der Waals surface area contributed by atoms with E-state index < -0.39 is 0 Å². The minimum absolute atomic E-state index is 0.0246. The smallest absolute Gasteiger partial charge is 0.273 e. The van der Waals surface area contributed by atoms with Crippen molar-refractivity contribution in [1.82, 2.24) is 9.88 Å². The normalized spacial score (nSPS) is 21.7. The first-order valence-corrected chi connectivity index (χ1v) is 7.76. The average Bonchev–Trinajstić information content (AvgIpc) is 2.55. The number of rotatable bonds is 2. The van der Waals surface area contributed by atoms with Crippen LogP contribution in [0.25, 0.3) is 0 Å². The topological polar surface area (TPSA) is 54.9 Å². The third-order valence-electron chi connectivity index (χ3n) is 4.23. The molecule has 0 N–H and O–H groups in total. The predicted octanol–water partition coefficient (Wildman–Crippen LogP) is 1.17. The highest BCUT2D eigenvalue weighted by molar-refractivity contribution is 5.93. The Hall–Kier alpha value is -1.66. The largest absolute Gasteiger partial charge is 0.378 e. The Morgan fingerprint density at radius 2 is 1.91 bits per heavy atom. The molecule has 2 saturated heterocycles.